The molecule has 0 bridgehead atoms. The fourth-order valence-corrected chi connectivity index (χ4v) is 3.61. The Hall–Kier alpha value is -3.07. The summed E-state index contributed by atoms with van der Waals surface area (Å²) in [5.74, 6) is -0.463. The molecule has 2 heterocycles. The first-order valence-electron chi connectivity index (χ1n) is 8.46. The summed E-state index contributed by atoms with van der Waals surface area (Å²) in [6.45, 7) is 1.24. The number of ketones is 1. The lowest BCUT2D eigenvalue weighted by atomic mass is 10.1. The SMILES string of the molecule is CC(=O)c1ccc(NC(=O)Cn2c(=O)n(C3CC3)c(=O)c3nscc32)cc1. The number of nitrogens with zero attached hydrogens (tertiary/aromatic N) is 3. The molecular formula is C18H16N4O4S. The van der Waals surface area contributed by atoms with Gasteiger partial charge >= 0.3 is 5.69 Å². The summed E-state index contributed by atoms with van der Waals surface area (Å²) in [5.41, 5.74) is 0.770. The van der Waals surface area contributed by atoms with Crippen LogP contribution in [0.25, 0.3) is 11.0 Å². The highest BCUT2D eigenvalue weighted by Gasteiger charge is 2.29. The molecule has 9 heteroatoms. The van der Waals surface area contributed by atoms with Gasteiger partial charge in [0.15, 0.2) is 11.3 Å². The van der Waals surface area contributed by atoms with Crippen LogP contribution in [0.3, 0.4) is 0 Å². The molecule has 0 unspecified atom stereocenters. The molecule has 4 rings (SSSR count). The summed E-state index contributed by atoms with van der Waals surface area (Å²) in [5, 5.41) is 4.31. The van der Waals surface area contributed by atoms with Crippen molar-refractivity contribution < 1.29 is 9.59 Å². The smallest absolute Gasteiger partial charge is 0.325 e. The molecular weight excluding hydrogens is 368 g/mol. The molecule has 1 saturated carbocycles. The minimum atomic E-state index is -0.489. The standard InChI is InChI=1S/C18H16N4O4S/c1-10(23)11-2-4-12(5-3-11)19-15(24)8-21-14-9-27-20-16(14)17(25)22(18(21)26)13-6-7-13/h2-5,9,13H,6-8H2,1H3,(H,19,24). The van der Waals surface area contributed by atoms with Gasteiger partial charge in [0.25, 0.3) is 5.56 Å². The van der Waals surface area contributed by atoms with Crippen LogP contribution in [0.1, 0.15) is 36.2 Å². The van der Waals surface area contributed by atoms with Gasteiger partial charge in [-0.2, -0.15) is 4.37 Å². The molecule has 1 N–H and O–H groups in total. The third-order valence-corrected chi connectivity index (χ3v) is 5.11. The van der Waals surface area contributed by atoms with Crippen LogP contribution in [-0.2, 0) is 11.3 Å². The zero-order chi connectivity index (χ0) is 19.1. The van der Waals surface area contributed by atoms with Gasteiger partial charge in [0, 0.05) is 22.7 Å². The number of carbonyl (C=O) groups excluding carboxylic acids is 2. The molecule has 0 aliphatic heterocycles. The third kappa shape index (κ3) is 3.21. The molecule has 27 heavy (non-hydrogen) atoms. The lowest BCUT2D eigenvalue weighted by Gasteiger charge is -2.11. The van der Waals surface area contributed by atoms with Gasteiger partial charge in [-0.05, 0) is 55.6 Å². The molecule has 0 atom stereocenters. The van der Waals surface area contributed by atoms with Gasteiger partial charge in [0.05, 0.1) is 5.52 Å². The molecule has 1 amide bonds. The van der Waals surface area contributed by atoms with Crippen molar-refractivity contribution in [2.45, 2.75) is 32.4 Å². The average molecular weight is 384 g/mol. The number of rotatable bonds is 5. The van der Waals surface area contributed by atoms with Crippen LogP contribution in [0.2, 0.25) is 0 Å². The Bertz CT molecular complexity index is 1170. The first kappa shape index (κ1) is 17.3. The second kappa shape index (κ2) is 6.58. The van der Waals surface area contributed by atoms with Crippen LogP contribution < -0.4 is 16.6 Å². The van der Waals surface area contributed by atoms with Crippen molar-refractivity contribution in [1.82, 2.24) is 13.5 Å². The molecule has 0 saturated heterocycles. The second-order valence-corrected chi connectivity index (χ2v) is 7.13. The zero-order valence-corrected chi connectivity index (χ0v) is 15.3. The largest absolute Gasteiger partial charge is 0.332 e. The molecule has 138 valence electrons. The van der Waals surface area contributed by atoms with E-state index in [4.69, 9.17) is 0 Å². The van der Waals surface area contributed by atoms with E-state index in [1.165, 1.54) is 16.1 Å². The molecule has 8 nitrogen and oxygen atoms in total. The van der Waals surface area contributed by atoms with Gasteiger partial charge in [-0.15, -0.1) is 0 Å². The van der Waals surface area contributed by atoms with Gasteiger partial charge in [-0.25, -0.2) is 4.79 Å². The summed E-state index contributed by atoms with van der Waals surface area (Å²) in [7, 11) is 0. The Balaban J connectivity index is 1.64. The van der Waals surface area contributed by atoms with Crippen molar-refractivity contribution in [2.75, 3.05) is 5.32 Å². The van der Waals surface area contributed by atoms with Crippen molar-refractivity contribution in [3.8, 4) is 0 Å². The van der Waals surface area contributed by atoms with Gasteiger partial charge in [0.2, 0.25) is 5.91 Å². The molecule has 1 fully saturated rings. The van der Waals surface area contributed by atoms with E-state index in [1.54, 1.807) is 29.6 Å². The first-order valence-corrected chi connectivity index (χ1v) is 9.29. The number of hydrogen-bond acceptors (Lipinski definition) is 6. The molecule has 1 aliphatic rings. The summed E-state index contributed by atoms with van der Waals surface area (Å²) in [4.78, 5) is 49.0. The number of aromatic nitrogens is 3. The Morgan fingerprint density at radius 2 is 1.93 bits per heavy atom. The quantitative estimate of drug-likeness (QED) is 0.676. The van der Waals surface area contributed by atoms with Crippen LogP contribution in [0.15, 0.2) is 39.2 Å². The maximum Gasteiger partial charge on any atom is 0.332 e. The maximum absolute atomic E-state index is 12.8. The number of hydrogen-bond donors (Lipinski definition) is 1. The Labute approximate surface area is 157 Å². The molecule has 0 spiro atoms. The van der Waals surface area contributed by atoms with E-state index >= 15 is 0 Å². The van der Waals surface area contributed by atoms with E-state index in [0.29, 0.717) is 16.8 Å². The van der Waals surface area contributed by atoms with E-state index < -0.39 is 17.2 Å². The number of carbonyl (C=O) groups is 2. The second-order valence-electron chi connectivity index (χ2n) is 6.51. The van der Waals surface area contributed by atoms with Gasteiger partial charge in [0.1, 0.15) is 6.54 Å². The van der Waals surface area contributed by atoms with Crippen LogP contribution in [0, 0.1) is 0 Å². The molecule has 3 aromatic rings. The van der Waals surface area contributed by atoms with Crippen molar-refractivity contribution in [3.63, 3.8) is 0 Å². The van der Waals surface area contributed by atoms with Crippen molar-refractivity contribution >= 4 is 39.9 Å². The monoisotopic (exact) mass is 384 g/mol. The van der Waals surface area contributed by atoms with Crippen LogP contribution in [0.5, 0.6) is 0 Å². The third-order valence-electron chi connectivity index (χ3n) is 4.49. The fourth-order valence-electron chi connectivity index (χ4n) is 2.95. The Morgan fingerprint density at radius 1 is 1.22 bits per heavy atom. The minimum Gasteiger partial charge on any atom is -0.325 e. The van der Waals surface area contributed by atoms with Crippen molar-refractivity contribution in [2.24, 2.45) is 0 Å². The maximum atomic E-state index is 12.8. The lowest BCUT2D eigenvalue weighted by molar-refractivity contribution is -0.116. The van der Waals surface area contributed by atoms with E-state index in [2.05, 4.69) is 9.69 Å². The predicted molar refractivity (Wildman–Crippen MR) is 101 cm³/mol. The predicted octanol–water partition coefficient (Wildman–Crippen LogP) is 1.80. The van der Waals surface area contributed by atoms with Crippen LogP contribution in [0.4, 0.5) is 5.69 Å². The number of Topliss-reactive ketones (excluding diaryl/α,β-unsaturated/α-hetero) is 1. The highest BCUT2D eigenvalue weighted by atomic mass is 32.1. The molecule has 1 aromatic carbocycles. The summed E-state index contributed by atoms with van der Waals surface area (Å²) < 4.78 is 6.59. The first-order chi connectivity index (χ1) is 13.0. The van der Waals surface area contributed by atoms with Gasteiger partial charge in [-0.3, -0.25) is 23.5 Å². The summed E-state index contributed by atoms with van der Waals surface area (Å²) in [6.07, 6.45) is 1.55. The van der Waals surface area contributed by atoms with Crippen molar-refractivity contribution in [3.05, 3.63) is 56.0 Å². The molecule has 0 radical (unpaired) electrons. The van der Waals surface area contributed by atoms with Crippen LogP contribution >= 0.6 is 11.5 Å². The zero-order valence-electron chi connectivity index (χ0n) is 14.5. The number of anilines is 1. The van der Waals surface area contributed by atoms with Crippen LogP contribution in [-0.4, -0.2) is 25.2 Å². The minimum absolute atomic E-state index is 0.0610. The average Bonchev–Trinajstić information content (AvgIpc) is 3.34. The van der Waals surface area contributed by atoms with Gasteiger partial charge < -0.3 is 5.32 Å². The topological polar surface area (TPSA) is 103 Å². The molecule has 2 aromatic heterocycles. The van der Waals surface area contributed by atoms with E-state index in [1.807, 2.05) is 0 Å². The Kier molecular flexibility index (Phi) is 4.23. The normalized spacial score (nSPS) is 13.7. The highest BCUT2D eigenvalue weighted by Crippen LogP contribution is 2.32. The van der Waals surface area contributed by atoms with E-state index in [0.717, 1.165) is 24.4 Å². The molecule has 1 aliphatic carbocycles. The van der Waals surface area contributed by atoms with Gasteiger partial charge in [-0.1, -0.05) is 0 Å². The number of benzene rings is 1. The highest BCUT2D eigenvalue weighted by molar-refractivity contribution is 7.04. The van der Waals surface area contributed by atoms with Crippen molar-refractivity contribution in [1.29, 1.82) is 0 Å². The number of nitrogens with one attached hydrogen (secondary N) is 1. The lowest BCUT2D eigenvalue weighted by Crippen LogP contribution is -2.41. The van der Waals surface area contributed by atoms with E-state index in [9.17, 15) is 19.2 Å². The number of fused-ring (bicyclic) bond motifs is 1. The Morgan fingerprint density at radius 3 is 2.56 bits per heavy atom. The number of amides is 1. The fraction of sp³-hybridized carbons (Fsp3) is 0.278. The summed E-state index contributed by atoms with van der Waals surface area (Å²) in [6, 6.07) is 6.40. The summed E-state index contributed by atoms with van der Waals surface area (Å²) >= 11 is 1.08. The van der Waals surface area contributed by atoms with E-state index in [-0.39, 0.29) is 23.9 Å².